The van der Waals surface area contributed by atoms with Gasteiger partial charge in [-0.3, -0.25) is 9.78 Å². The molecule has 0 radical (unpaired) electrons. The smallest absolute Gasteiger partial charge is 0.265 e. The average molecular weight is 308 g/mol. The lowest BCUT2D eigenvalue weighted by molar-refractivity contribution is 0.802. The zero-order valence-electron chi connectivity index (χ0n) is 10.5. The van der Waals surface area contributed by atoms with Crippen LogP contribution >= 0.6 is 15.9 Å². The van der Waals surface area contributed by atoms with Crippen LogP contribution in [0.4, 0.5) is 0 Å². The summed E-state index contributed by atoms with van der Waals surface area (Å²) >= 11 is 3.28. The second-order valence-corrected chi connectivity index (χ2v) is 5.23. The van der Waals surface area contributed by atoms with Gasteiger partial charge in [-0.15, -0.1) is 0 Å². The van der Waals surface area contributed by atoms with E-state index in [9.17, 15) is 4.79 Å². The minimum Gasteiger partial charge on any atom is -0.304 e. The van der Waals surface area contributed by atoms with Gasteiger partial charge >= 0.3 is 0 Å². The Morgan fingerprint density at radius 3 is 2.72 bits per heavy atom. The van der Waals surface area contributed by atoms with E-state index < -0.39 is 0 Å². The molecule has 0 aliphatic heterocycles. The third kappa shape index (κ3) is 2.36. The molecule has 0 aromatic carbocycles. The molecule has 0 bridgehead atoms. The molecule has 94 valence electrons. The maximum atomic E-state index is 11.9. The van der Waals surface area contributed by atoms with Crippen molar-refractivity contribution in [1.29, 1.82) is 0 Å². The van der Waals surface area contributed by atoms with E-state index >= 15 is 0 Å². The number of aryl methyl sites for hydroxylation is 1. The zero-order valence-corrected chi connectivity index (χ0v) is 12.1. The number of pyridine rings is 1. The second kappa shape index (κ2) is 5.02. The summed E-state index contributed by atoms with van der Waals surface area (Å²) < 4.78 is 0.495. The number of hydrogen-bond donors (Lipinski definition) is 1. The van der Waals surface area contributed by atoms with Crippen LogP contribution in [0.2, 0.25) is 0 Å². The van der Waals surface area contributed by atoms with Crippen LogP contribution in [0.5, 0.6) is 0 Å². The summed E-state index contributed by atoms with van der Waals surface area (Å²) in [5, 5.41) is 0. The molecule has 0 amide bonds. The first-order valence-corrected chi connectivity index (χ1v) is 6.51. The molecule has 18 heavy (non-hydrogen) atoms. The van der Waals surface area contributed by atoms with E-state index in [2.05, 4.69) is 30.9 Å². The van der Waals surface area contributed by atoms with Crippen LogP contribution in [0.25, 0.3) is 11.5 Å². The molecule has 2 aromatic rings. The van der Waals surface area contributed by atoms with Crippen molar-refractivity contribution in [2.75, 3.05) is 0 Å². The number of nitrogens with zero attached hydrogens (tertiary/aromatic N) is 2. The maximum Gasteiger partial charge on any atom is 0.265 e. The fourth-order valence-corrected chi connectivity index (χ4v) is 2.35. The predicted molar refractivity (Wildman–Crippen MR) is 74.6 cm³/mol. The Morgan fingerprint density at radius 2 is 2.11 bits per heavy atom. The molecule has 0 saturated carbocycles. The summed E-state index contributed by atoms with van der Waals surface area (Å²) in [6, 6.07) is 3.80. The Labute approximate surface area is 114 Å². The molecule has 0 fully saturated rings. The molecule has 0 saturated heterocycles. The fraction of sp³-hybridized carbons (Fsp3) is 0.308. The number of nitrogens with one attached hydrogen (secondary N) is 1. The van der Waals surface area contributed by atoms with Gasteiger partial charge in [-0.25, -0.2) is 4.98 Å². The highest BCUT2D eigenvalue weighted by atomic mass is 79.9. The summed E-state index contributed by atoms with van der Waals surface area (Å²) in [5.74, 6) is 0.689. The van der Waals surface area contributed by atoms with Crippen LogP contribution in [0, 0.1) is 6.92 Å². The number of hydrogen-bond acceptors (Lipinski definition) is 3. The van der Waals surface area contributed by atoms with Crippen LogP contribution in [-0.4, -0.2) is 15.0 Å². The fourth-order valence-electron chi connectivity index (χ4n) is 1.70. The highest BCUT2D eigenvalue weighted by Crippen LogP contribution is 2.22. The van der Waals surface area contributed by atoms with Crippen molar-refractivity contribution in [3.63, 3.8) is 0 Å². The van der Waals surface area contributed by atoms with Crippen LogP contribution in [0.1, 0.15) is 31.0 Å². The van der Waals surface area contributed by atoms with Crippen molar-refractivity contribution < 1.29 is 0 Å². The number of H-pyrrole nitrogens is 1. The van der Waals surface area contributed by atoms with Crippen molar-refractivity contribution in [2.45, 2.75) is 26.7 Å². The van der Waals surface area contributed by atoms with Gasteiger partial charge in [0.15, 0.2) is 5.82 Å². The first-order valence-electron chi connectivity index (χ1n) is 5.72. The van der Waals surface area contributed by atoms with Crippen molar-refractivity contribution in [1.82, 2.24) is 15.0 Å². The SMILES string of the molecule is Cc1cccnc1-c1nc(C(C)C)c(Br)c(=O)[nH]1. The summed E-state index contributed by atoms with van der Waals surface area (Å²) in [6.07, 6.45) is 1.69. The zero-order chi connectivity index (χ0) is 13.3. The van der Waals surface area contributed by atoms with Gasteiger partial charge in [-0.1, -0.05) is 19.9 Å². The third-order valence-electron chi connectivity index (χ3n) is 2.67. The molecule has 2 aromatic heterocycles. The molecule has 0 spiro atoms. The monoisotopic (exact) mass is 307 g/mol. The lowest BCUT2D eigenvalue weighted by atomic mass is 10.1. The summed E-state index contributed by atoms with van der Waals surface area (Å²) in [6.45, 7) is 5.95. The lowest BCUT2D eigenvalue weighted by Gasteiger charge is -2.10. The van der Waals surface area contributed by atoms with E-state index in [0.29, 0.717) is 16.0 Å². The predicted octanol–water partition coefficient (Wildman–Crippen LogP) is 3.03. The molecule has 2 heterocycles. The first-order chi connectivity index (χ1) is 8.50. The maximum absolute atomic E-state index is 11.9. The van der Waals surface area contributed by atoms with Gasteiger partial charge in [0.05, 0.1) is 5.69 Å². The van der Waals surface area contributed by atoms with Crippen molar-refractivity contribution in [2.24, 2.45) is 0 Å². The first kappa shape index (κ1) is 13.0. The van der Waals surface area contributed by atoms with Gasteiger partial charge in [-0.05, 0) is 40.4 Å². The van der Waals surface area contributed by atoms with E-state index in [4.69, 9.17) is 0 Å². The van der Waals surface area contributed by atoms with Gasteiger partial charge in [0, 0.05) is 6.20 Å². The summed E-state index contributed by atoms with van der Waals surface area (Å²) in [4.78, 5) is 23.4. The topological polar surface area (TPSA) is 58.6 Å². The molecule has 1 N–H and O–H groups in total. The highest BCUT2D eigenvalue weighted by Gasteiger charge is 2.14. The van der Waals surface area contributed by atoms with Crippen LogP contribution in [0.15, 0.2) is 27.6 Å². The molecule has 0 unspecified atom stereocenters. The number of halogens is 1. The molecule has 0 aliphatic carbocycles. The number of aromatic amines is 1. The lowest BCUT2D eigenvalue weighted by Crippen LogP contribution is -2.15. The van der Waals surface area contributed by atoms with Gasteiger partial charge in [0.2, 0.25) is 0 Å². The Balaban J connectivity index is 2.67. The summed E-state index contributed by atoms with van der Waals surface area (Å²) in [7, 11) is 0. The Kier molecular flexibility index (Phi) is 3.61. The van der Waals surface area contributed by atoms with Gasteiger partial charge in [0.1, 0.15) is 10.2 Å². The molecule has 0 aliphatic rings. The molecule has 0 atom stereocenters. The second-order valence-electron chi connectivity index (χ2n) is 4.44. The highest BCUT2D eigenvalue weighted by molar-refractivity contribution is 9.10. The minimum absolute atomic E-state index is 0.171. The van der Waals surface area contributed by atoms with Crippen LogP contribution < -0.4 is 5.56 Å². The van der Waals surface area contributed by atoms with Crippen molar-refractivity contribution in [3.05, 3.63) is 44.4 Å². The summed E-state index contributed by atoms with van der Waals surface area (Å²) in [5.41, 5.74) is 2.27. The Morgan fingerprint density at radius 1 is 1.39 bits per heavy atom. The molecular formula is C13H14BrN3O. The third-order valence-corrected chi connectivity index (χ3v) is 3.44. The molecule has 4 nitrogen and oxygen atoms in total. The van der Waals surface area contributed by atoms with Gasteiger partial charge in [-0.2, -0.15) is 0 Å². The quantitative estimate of drug-likeness (QED) is 0.927. The van der Waals surface area contributed by atoms with Crippen molar-refractivity contribution in [3.8, 4) is 11.5 Å². The van der Waals surface area contributed by atoms with Crippen LogP contribution in [0.3, 0.4) is 0 Å². The number of rotatable bonds is 2. The van der Waals surface area contributed by atoms with E-state index in [1.165, 1.54) is 0 Å². The van der Waals surface area contributed by atoms with E-state index in [1.54, 1.807) is 6.20 Å². The van der Waals surface area contributed by atoms with E-state index in [0.717, 1.165) is 11.3 Å². The van der Waals surface area contributed by atoms with Crippen LogP contribution in [-0.2, 0) is 0 Å². The van der Waals surface area contributed by atoms with E-state index in [1.807, 2.05) is 32.9 Å². The van der Waals surface area contributed by atoms with Crippen molar-refractivity contribution >= 4 is 15.9 Å². The normalized spacial score (nSPS) is 10.9. The van der Waals surface area contributed by atoms with Gasteiger partial charge < -0.3 is 4.98 Å². The largest absolute Gasteiger partial charge is 0.304 e. The molecule has 2 rings (SSSR count). The Bertz CT molecular complexity index is 634. The van der Waals surface area contributed by atoms with Gasteiger partial charge in [0.25, 0.3) is 5.56 Å². The van der Waals surface area contributed by atoms with E-state index in [-0.39, 0.29) is 11.5 Å². The minimum atomic E-state index is -0.172. The average Bonchev–Trinajstić information content (AvgIpc) is 2.33. The number of aromatic nitrogens is 3. The molecular weight excluding hydrogens is 294 g/mol. The standard InChI is InChI=1S/C13H14BrN3O/c1-7(2)10-9(14)13(18)17-12(16-10)11-8(3)5-4-6-15-11/h4-7H,1-3H3,(H,16,17,18). The Hall–Kier alpha value is -1.49. The molecule has 5 heteroatoms.